The summed E-state index contributed by atoms with van der Waals surface area (Å²) in [5.74, 6) is -1.20. The maximum absolute atomic E-state index is 10.6. The molecule has 0 radical (unpaired) electrons. The number of hydrogen-bond donors (Lipinski definition) is 3. The molecule has 5 nitrogen and oxygen atoms in total. The molecule has 1 aromatic carbocycles. The van der Waals surface area contributed by atoms with Gasteiger partial charge in [0.05, 0.1) is 0 Å². The van der Waals surface area contributed by atoms with Gasteiger partial charge in [0, 0.05) is 17.5 Å². The number of carbonyl (C=O) groups excluding carboxylic acids is 1. The van der Waals surface area contributed by atoms with Gasteiger partial charge in [-0.15, -0.1) is 0 Å². The molecule has 0 aliphatic carbocycles. The molecule has 1 aromatic rings. The number of allylic oxidation sites excluding steroid dienone is 1. The lowest BCUT2D eigenvalue weighted by Gasteiger charge is -2.05. The Morgan fingerprint density at radius 2 is 1.93 bits per heavy atom. The third-order valence-corrected chi connectivity index (χ3v) is 1.65. The summed E-state index contributed by atoms with van der Waals surface area (Å²) in [6.45, 7) is 0. The summed E-state index contributed by atoms with van der Waals surface area (Å²) < 4.78 is 0. The Hall–Kier alpha value is -2.30. The zero-order valence-corrected chi connectivity index (χ0v) is 7.81. The molecule has 0 aliphatic rings. The van der Waals surface area contributed by atoms with Crippen molar-refractivity contribution in [2.45, 2.75) is 0 Å². The molecule has 0 saturated carbocycles. The standard InChI is InChI=1S/C10H10N2O3/c11-7-1-3-8(4-2-7)12-9(5-6-13)10(14)15/h1-6,12H,11H2,(H,14,15). The Bertz CT molecular complexity index is 396. The van der Waals surface area contributed by atoms with Gasteiger partial charge in [-0.1, -0.05) is 0 Å². The van der Waals surface area contributed by atoms with Crippen LogP contribution in [0, 0.1) is 0 Å². The van der Waals surface area contributed by atoms with Crippen LogP contribution in [0.4, 0.5) is 11.4 Å². The highest BCUT2D eigenvalue weighted by Crippen LogP contribution is 2.12. The van der Waals surface area contributed by atoms with Gasteiger partial charge in [-0.2, -0.15) is 0 Å². The zero-order valence-electron chi connectivity index (χ0n) is 7.81. The first-order chi connectivity index (χ1) is 7.13. The number of carboxylic acid groups (broad SMARTS) is 1. The van der Waals surface area contributed by atoms with Crippen molar-refractivity contribution in [3.05, 3.63) is 36.0 Å². The van der Waals surface area contributed by atoms with Crippen LogP contribution in [0.15, 0.2) is 36.0 Å². The predicted octanol–water partition coefficient (Wildman–Crippen LogP) is 0.848. The average molecular weight is 206 g/mol. The van der Waals surface area contributed by atoms with E-state index in [1.165, 1.54) is 0 Å². The minimum Gasteiger partial charge on any atom is -0.477 e. The number of carboxylic acids is 1. The van der Waals surface area contributed by atoms with Crippen LogP contribution >= 0.6 is 0 Å². The number of nitrogens with one attached hydrogen (secondary N) is 1. The van der Waals surface area contributed by atoms with Crippen molar-refractivity contribution in [2.75, 3.05) is 11.1 Å². The van der Waals surface area contributed by atoms with Crippen LogP contribution in [0.5, 0.6) is 0 Å². The Kier molecular flexibility index (Phi) is 3.45. The van der Waals surface area contributed by atoms with E-state index >= 15 is 0 Å². The fourth-order valence-corrected chi connectivity index (χ4v) is 0.956. The van der Waals surface area contributed by atoms with Crippen LogP contribution in [0.1, 0.15) is 0 Å². The molecule has 5 heteroatoms. The summed E-state index contributed by atoms with van der Waals surface area (Å²) in [7, 11) is 0. The molecular formula is C10H10N2O3. The van der Waals surface area contributed by atoms with E-state index < -0.39 is 5.97 Å². The molecule has 0 atom stereocenters. The number of benzene rings is 1. The second-order valence-electron chi connectivity index (χ2n) is 2.77. The van der Waals surface area contributed by atoms with Crippen LogP contribution in [-0.2, 0) is 9.59 Å². The van der Waals surface area contributed by atoms with Gasteiger partial charge in [0.1, 0.15) is 12.0 Å². The van der Waals surface area contributed by atoms with E-state index in [9.17, 15) is 9.59 Å². The summed E-state index contributed by atoms with van der Waals surface area (Å²) in [4.78, 5) is 20.8. The van der Waals surface area contributed by atoms with E-state index in [0.29, 0.717) is 17.7 Å². The van der Waals surface area contributed by atoms with Crippen molar-refractivity contribution in [3.8, 4) is 0 Å². The Labute approximate surface area is 86.2 Å². The van der Waals surface area contributed by atoms with Crippen molar-refractivity contribution >= 4 is 23.6 Å². The number of hydrogen-bond acceptors (Lipinski definition) is 4. The van der Waals surface area contributed by atoms with Crippen molar-refractivity contribution in [1.29, 1.82) is 0 Å². The first-order valence-electron chi connectivity index (χ1n) is 4.15. The highest BCUT2D eigenvalue weighted by molar-refractivity contribution is 5.94. The Balaban J connectivity index is 2.83. The van der Waals surface area contributed by atoms with Crippen molar-refractivity contribution in [2.24, 2.45) is 0 Å². The molecule has 4 N–H and O–H groups in total. The molecule has 78 valence electrons. The van der Waals surface area contributed by atoms with E-state index in [1.54, 1.807) is 24.3 Å². The fourth-order valence-electron chi connectivity index (χ4n) is 0.956. The molecule has 0 unspecified atom stereocenters. The van der Waals surface area contributed by atoms with Gasteiger partial charge in [-0.3, -0.25) is 4.79 Å². The first kappa shape index (κ1) is 10.8. The largest absolute Gasteiger partial charge is 0.477 e. The van der Waals surface area contributed by atoms with Crippen LogP contribution < -0.4 is 11.1 Å². The van der Waals surface area contributed by atoms with Gasteiger partial charge < -0.3 is 16.2 Å². The minimum atomic E-state index is -1.20. The molecule has 0 heterocycles. The van der Waals surface area contributed by atoms with Gasteiger partial charge >= 0.3 is 5.97 Å². The minimum absolute atomic E-state index is 0.185. The predicted molar refractivity (Wildman–Crippen MR) is 56.3 cm³/mol. The van der Waals surface area contributed by atoms with Crippen molar-refractivity contribution in [3.63, 3.8) is 0 Å². The Morgan fingerprint density at radius 3 is 2.40 bits per heavy atom. The first-order valence-corrected chi connectivity index (χ1v) is 4.15. The zero-order chi connectivity index (χ0) is 11.3. The lowest BCUT2D eigenvalue weighted by atomic mass is 10.2. The molecule has 15 heavy (non-hydrogen) atoms. The molecule has 0 fully saturated rings. The van der Waals surface area contributed by atoms with Crippen LogP contribution in [-0.4, -0.2) is 17.4 Å². The maximum Gasteiger partial charge on any atom is 0.352 e. The summed E-state index contributed by atoms with van der Waals surface area (Å²) in [6.07, 6.45) is 1.35. The number of aldehydes is 1. The van der Waals surface area contributed by atoms with Crippen LogP contribution in [0.2, 0.25) is 0 Å². The smallest absolute Gasteiger partial charge is 0.352 e. The highest BCUT2D eigenvalue weighted by atomic mass is 16.4. The fraction of sp³-hybridized carbons (Fsp3) is 0. The lowest BCUT2D eigenvalue weighted by molar-refractivity contribution is -0.132. The second kappa shape index (κ2) is 4.80. The van der Waals surface area contributed by atoms with Gasteiger partial charge in [-0.05, 0) is 24.3 Å². The summed E-state index contributed by atoms with van der Waals surface area (Å²) in [6, 6.07) is 6.50. The molecule has 0 bridgehead atoms. The molecule has 0 aliphatic heterocycles. The number of nitrogen functional groups attached to an aromatic ring is 1. The molecular weight excluding hydrogens is 196 g/mol. The van der Waals surface area contributed by atoms with E-state index in [1.807, 2.05) is 0 Å². The molecule has 1 rings (SSSR count). The van der Waals surface area contributed by atoms with Gasteiger partial charge in [0.2, 0.25) is 0 Å². The molecule has 0 amide bonds. The van der Waals surface area contributed by atoms with E-state index in [0.717, 1.165) is 6.08 Å². The van der Waals surface area contributed by atoms with Crippen molar-refractivity contribution < 1.29 is 14.7 Å². The Morgan fingerprint density at radius 1 is 1.33 bits per heavy atom. The third-order valence-electron chi connectivity index (χ3n) is 1.65. The van der Waals surface area contributed by atoms with Gasteiger partial charge in [0.15, 0.2) is 0 Å². The highest BCUT2D eigenvalue weighted by Gasteiger charge is 2.06. The van der Waals surface area contributed by atoms with E-state index in [-0.39, 0.29) is 5.70 Å². The van der Waals surface area contributed by atoms with Crippen molar-refractivity contribution in [1.82, 2.24) is 0 Å². The molecule has 0 aromatic heterocycles. The normalized spacial score (nSPS) is 10.8. The summed E-state index contributed by atoms with van der Waals surface area (Å²) >= 11 is 0. The van der Waals surface area contributed by atoms with E-state index in [2.05, 4.69) is 5.32 Å². The molecule has 0 saturated heterocycles. The number of nitrogens with two attached hydrogens (primary N) is 1. The number of carbonyl (C=O) groups is 2. The lowest BCUT2D eigenvalue weighted by Crippen LogP contribution is -2.10. The number of aliphatic carboxylic acids is 1. The summed E-state index contributed by atoms with van der Waals surface area (Å²) in [5.41, 5.74) is 6.41. The van der Waals surface area contributed by atoms with Gasteiger partial charge in [-0.25, -0.2) is 4.79 Å². The number of rotatable bonds is 4. The van der Waals surface area contributed by atoms with E-state index in [4.69, 9.17) is 10.8 Å². The third kappa shape index (κ3) is 3.15. The average Bonchev–Trinajstić information content (AvgIpc) is 2.20. The van der Waals surface area contributed by atoms with Gasteiger partial charge in [0.25, 0.3) is 0 Å². The molecule has 0 spiro atoms. The van der Waals surface area contributed by atoms with Crippen LogP contribution in [0.3, 0.4) is 0 Å². The maximum atomic E-state index is 10.6. The topological polar surface area (TPSA) is 92.4 Å². The monoisotopic (exact) mass is 206 g/mol. The number of anilines is 2. The summed E-state index contributed by atoms with van der Waals surface area (Å²) in [5, 5.41) is 11.3. The SMILES string of the molecule is Nc1ccc(NC(=CC=O)C(=O)O)cc1. The quantitative estimate of drug-likeness (QED) is 0.386. The second-order valence-corrected chi connectivity index (χ2v) is 2.77. The van der Waals surface area contributed by atoms with Crippen LogP contribution in [0.25, 0.3) is 0 Å².